The van der Waals surface area contributed by atoms with E-state index < -0.39 is 37.4 Å². The molecule has 0 N–H and O–H groups in total. The van der Waals surface area contributed by atoms with Crippen LogP contribution in [0.3, 0.4) is 0 Å². The van der Waals surface area contributed by atoms with E-state index >= 15 is 0 Å². The van der Waals surface area contributed by atoms with Gasteiger partial charge in [-0.3, -0.25) is 14.9 Å². The third kappa shape index (κ3) is 3.96. The zero-order valence-electron chi connectivity index (χ0n) is 15.3. The number of hydrogen-bond acceptors (Lipinski definition) is 5. The minimum Gasteiger partial charge on any atom is -0.336 e. The summed E-state index contributed by atoms with van der Waals surface area (Å²) in [7, 11) is -4.40. The van der Waals surface area contributed by atoms with E-state index in [0.29, 0.717) is 5.56 Å². The van der Waals surface area contributed by atoms with Crippen LogP contribution in [0.1, 0.15) is 15.9 Å². The van der Waals surface area contributed by atoms with Crippen molar-refractivity contribution in [3.63, 3.8) is 0 Å². The Bertz CT molecular complexity index is 1060. The summed E-state index contributed by atoms with van der Waals surface area (Å²) in [6.45, 7) is 1.20. The van der Waals surface area contributed by atoms with Crippen LogP contribution in [-0.4, -0.2) is 54.6 Å². The largest absolute Gasteiger partial charge is 0.336 e. The van der Waals surface area contributed by atoms with Gasteiger partial charge >= 0.3 is 0 Å². The first-order valence-corrected chi connectivity index (χ1v) is 10.1. The maximum atomic E-state index is 13.9. The van der Waals surface area contributed by atoms with Gasteiger partial charge in [0.05, 0.1) is 4.92 Å². The molecule has 0 atom stereocenters. The lowest BCUT2D eigenvalue weighted by atomic mass is 10.1. The predicted molar refractivity (Wildman–Crippen MR) is 98.9 cm³/mol. The number of nitro benzene ring substituents is 1. The van der Waals surface area contributed by atoms with Gasteiger partial charge in [0, 0.05) is 43.4 Å². The van der Waals surface area contributed by atoms with E-state index in [4.69, 9.17) is 0 Å². The lowest BCUT2D eigenvalue weighted by molar-refractivity contribution is -0.385. The third-order valence-electron chi connectivity index (χ3n) is 4.70. The van der Waals surface area contributed by atoms with Crippen molar-refractivity contribution < 1.29 is 26.9 Å². The first-order chi connectivity index (χ1) is 13.6. The van der Waals surface area contributed by atoms with Crippen LogP contribution >= 0.6 is 0 Å². The molecule has 0 aliphatic carbocycles. The van der Waals surface area contributed by atoms with Crippen LogP contribution in [0, 0.1) is 28.7 Å². The quantitative estimate of drug-likeness (QED) is 0.553. The number of benzene rings is 2. The maximum Gasteiger partial charge on any atom is 0.273 e. The summed E-state index contributed by atoms with van der Waals surface area (Å²) in [5.74, 6) is -2.85. The van der Waals surface area contributed by atoms with Gasteiger partial charge in [-0.1, -0.05) is 12.1 Å². The molecule has 0 radical (unpaired) electrons. The first kappa shape index (κ1) is 20.8. The molecule has 154 valence electrons. The number of hydrogen-bond donors (Lipinski definition) is 0. The van der Waals surface area contributed by atoms with Gasteiger partial charge in [-0.15, -0.1) is 0 Å². The molecule has 0 spiro atoms. The molecule has 1 fully saturated rings. The molecule has 1 aliphatic rings. The van der Waals surface area contributed by atoms with Gasteiger partial charge in [0.25, 0.3) is 11.6 Å². The molecule has 8 nitrogen and oxygen atoms in total. The minimum absolute atomic E-state index is 0.0180. The van der Waals surface area contributed by atoms with Crippen LogP contribution in [0.2, 0.25) is 0 Å². The fourth-order valence-corrected chi connectivity index (χ4v) is 4.64. The van der Waals surface area contributed by atoms with E-state index in [2.05, 4.69) is 0 Å². The number of rotatable bonds is 4. The van der Waals surface area contributed by atoms with E-state index in [0.717, 1.165) is 22.5 Å². The normalized spacial score (nSPS) is 15.3. The Morgan fingerprint density at radius 3 is 2.21 bits per heavy atom. The van der Waals surface area contributed by atoms with Crippen molar-refractivity contribution in [2.24, 2.45) is 0 Å². The Balaban J connectivity index is 1.76. The monoisotopic (exact) mass is 425 g/mol. The average molecular weight is 425 g/mol. The average Bonchev–Trinajstić information content (AvgIpc) is 2.67. The van der Waals surface area contributed by atoms with Crippen LogP contribution in [0.25, 0.3) is 0 Å². The summed E-state index contributed by atoms with van der Waals surface area (Å²) in [4.78, 5) is 23.4. The zero-order valence-corrected chi connectivity index (χ0v) is 16.2. The number of nitro groups is 1. The lowest BCUT2D eigenvalue weighted by Gasteiger charge is -2.34. The number of carbonyl (C=O) groups excluding carboxylic acids is 1. The first-order valence-electron chi connectivity index (χ1n) is 8.61. The number of piperazine rings is 1. The Kier molecular flexibility index (Phi) is 5.62. The Labute approximate surface area is 165 Å². The molecule has 1 amide bonds. The SMILES string of the molecule is Cc1ccc(C(=O)N2CCN(S(=O)(=O)c3c(F)cccc3F)CC2)cc1[N+](=O)[O-]. The molecule has 1 saturated heterocycles. The third-order valence-corrected chi connectivity index (χ3v) is 6.65. The van der Waals surface area contributed by atoms with Gasteiger partial charge in [-0.2, -0.15) is 4.31 Å². The van der Waals surface area contributed by atoms with Gasteiger partial charge in [-0.25, -0.2) is 17.2 Å². The number of amides is 1. The molecule has 0 unspecified atom stereocenters. The van der Waals surface area contributed by atoms with E-state index in [9.17, 15) is 32.1 Å². The van der Waals surface area contributed by atoms with Gasteiger partial charge in [0.2, 0.25) is 10.0 Å². The molecule has 2 aromatic carbocycles. The number of aryl methyl sites for hydroxylation is 1. The van der Waals surface area contributed by atoms with Crippen molar-refractivity contribution in [2.45, 2.75) is 11.8 Å². The molecule has 0 saturated carbocycles. The molecule has 29 heavy (non-hydrogen) atoms. The van der Waals surface area contributed by atoms with Gasteiger partial charge in [0.1, 0.15) is 11.6 Å². The molecule has 1 heterocycles. The molecule has 1 aliphatic heterocycles. The number of halogens is 2. The Morgan fingerprint density at radius 1 is 1.07 bits per heavy atom. The second kappa shape index (κ2) is 7.84. The summed E-state index contributed by atoms with van der Waals surface area (Å²) in [6, 6.07) is 6.90. The lowest BCUT2D eigenvalue weighted by Crippen LogP contribution is -2.50. The zero-order chi connectivity index (χ0) is 21.3. The van der Waals surface area contributed by atoms with E-state index in [1.807, 2.05) is 0 Å². The second-order valence-electron chi connectivity index (χ2n) is 6.51. The summed E-state index contributed by atoms with van der Waals surface area (Å²) in [5, 5.41) is 11.1. The molecule has 11 heteroatoms. The summed E-state index contributed by atoms with van der Waals surface area (Å²) in [5.41, 5.74) is 0.334. The molecule has 2 aromatic rings. The molecule has 3 rings (SSSR count). The second-order valence-corrected chi connectivity index (χ2v) is 8.38. The van der Waals surface area contributed by atoms with Crippen LogP contribution in [0.4, 0.5) is 14.5 Å². The highest BCUT2D eigenvalue weighted by Gasteiger charge is 2.34. The van der Waals surface area contributed by atoms with Crippen LogP contribution in [0.5, 0.6) is 0 Å². The Hall–Kier alpha value is -2.92. The summed E-state index contributed by atoms with van der Waals surface area (Å²) < 4.78 is 53.9. The van der Waals surface area contributed by atoms with Crippen LogP contribution in [-0.2, 0) is 10.0 Å². The molecular formula is C18H17F2N3O5S. The van der Waals surface area contributed by atoms with Crippen molar-refractivity contribution in [1.29, 1.82) is 0 Å². The number of sulfonamides is 1. The van der Waals surface area contributed by atoms with Gasteiger partial charge < -0.3 is 4.90 Å². The predicted octanol–water partition coefficient (Wildman–Crippen LogP) is 2.33. The van der Waals surface area contributed by atoms with Crippen LogP contribution < -0.4 is 0 Å². The highest BCUT2D eigenvalue weighted by molar-refractivity contribution is 7.89. The van der Waals surface area contributed by atoms with E-state index in [1.165, 1.54) is 23.1 Å². The van der Waals surface area contributed by atoms with E-state index in [-0.39, 0.29) is 37.4 Å². The van der Waals surface area contributed by atoms with Gasteiger partial charge in [0.15, 0.2) is 4.90 Å². The van der Waals surface area contributed by atoms with Crippen molar-refractivity contribution >= 4 is 21.6 Å². The standard InChI is InChI=1S/C18H17F2N3O5S/c1-12-5-6-13(11-16(12)23(25)26)18(24)21-7-9-22(10-8-21)29(27,28)17-14(19)3-2-4-15(17)20/h2-6,11H,7-10H2,1H3. The van der Waals surface area contributed by atoms with Crippen LogP contribution in [0.15, 0.2) is 41.3 Å². The Morgan fingerprint density at radius 2 is 1.66 bits per heavy atom. The van der Waals surface area contributed by atoms with E-state index in [1.54, 1.807) is 6.92 Å². The maximum absolute atomic E-state index is 13.9. The highest BCUT2D eigenvalue weighted by Crippen LogP contribution is 2.25. The van der Waals surface area contributed by atoms with Crippen molar-refractivity contribution in [2.75, 3.05) is 26.2 Å². The smallest absolute Gasteiger partial charge is 0.273 e. The number of carbonyl (C=O) groups is 1. The number of nitrogens with zero attached hydrogens (tertiary/aromatic N) is 3. The van der Waals surface area contributed by atoms with Crippen molar-refractivity contribution in [3.05, 3.63) is 69.3 Å². The highest BCUT2D eigenvalue weighted by atomic mass is 32.2. The minimum atomic E-state index is -4.40. The molecule has 0 aromatic heterocycles. The summed E-state index contributed by atoms with van der Waals surface area (Å²) in [6.07, 6.45) is 0. The fraction of sp³-hybridized carbons (Fsp3) is 0.278. The molecular weight excluding hydrogens is 408 g/mol. The van der Waals surface area contributed by atoms with Gasteiger partial charge in [-0.05, 0) is 25.1 Å². The molecule has 0 bridgehead atoms. The van der Waals surface area contributed by atoms with Crippen molar-refractivity contribution in [3.8, 4) is 0 Å². The summed E-state index contributed by atoms with van der Waals surface area (Å²) >= 11 is 0. The fourth-order valence-electron chi connectivity index (χ4n) is 3.11. The van der Waals surface area contributed by atoms with Crippen molar-refractivity contribution in [1.82, 2.24) is 9.21 Å². The topological polar surface area (TPSA) is 101 Å².